The average Bonchev–Trinajstić information content (AvgIpc) is 2.17. The summed E-state index contributed by atoms with van der Waals surface area (Å²) < 4.78 is 26.1. The van der Waals surface area contributed by atoms with E-state index in [1.54, 1.807) is 13.8 Å². The first kappa shape index (κ1) is 13.4. The monoisotopic (exact) mass is 236 g/mol. The molecular weight excluding hydrogens is 218 g/mol. The van der Waals surface area contributed by atoms with Crippen molar-refractivity contribution in [2.45, 2.75) is 45.5 Å². The van der Waals surface area contributed by atoms with Gasteiger partial charge in [-0.3, -0.25) is 4.79 Å². The molecule has 16 heavy (non-hydrogen) atoms. The molecule has 1 aliphatic carbocycles. The third-order valence-electron chi connectivity index (χ3n) is 3.94. The lowest BCUT2D eigenvalue weighted by atomic mass is 9.58. The molecule has 1 aliphatic rings. The van der Waals surface area contributed by atoms with Crippen LogP contribution in [0.1, 0.15) is 39.5 Å². The van der Waals surface area contributed by atoms with Crippen LogP contribution >= 0.6 is 0 Å². The summed E-state index contributed by atoms with van der Waals surface area (Å²) in [7, 11) is 0. The molecule has 0 aromatic carbocycles. The van der Waals surface area contributed by atoms with E-state index in [1.165, 1.54) is 0 Å². The minimum atomic E-state index is -2.76. The zero-order chi connectivity index (χ0) is 12.6. The average molecular weight is 236 g/mol. The first-order chi connectivity index (χ1) is 7.17. The quantitative estimate of drug-likeness (QED) is 0.790. The summed E-state index contributed by atoms with van der Waals surface area (Å²) in [6.45, 7) is 2.92. The molecule has 0 amide bonds. The van der Waals surface area contributed by atoms with Gasteiger partial charge in [-0.05, 0) is 12.8 Å². The van der Waals surface area contributed by atoms with Crippen molar-refractivity contribution >= 4 is 5.97 Å². The first-order valence-corrected chi connectivity index (χ1v) is 5.39. The van der Waals surface area contributed by atoms with Crippen LogP contribution in [0.15, 0.2) is 0 Å². The molecule has 94 valence electrons. The maximum Gasteiger partial charge on any atom is 0.310 e. The minimum Gasteiger partial charge on any atom is -0.481 e. The van der Waals surface area contributed by atoms with Gasteiger partial charge in [-0.1, -0.05) is 13.8 Å². The number of aliphatic hydroxyl groups excluding tert-OH is 1. The maximum atomic E-state index is 13.0. The van der Waals surface area contributed by atoms with E-state index in [0.29, 0.717) is 0 Å². The van der Waals surface area contributed by atoms with Gasteiger partial charge in [0.15, 0.2) is 0 Å². The SMILES string of the molecule is CC(C)(CO)C1(C(=O)O)CCC(F)(F)CC1. The number of carboxylic acids is 1. The highest BCUT2D eigenvalue weighted by Crippen LogP contribution is 2.53. The Hall–Kier alpha value is -0.710. The van der Waals surface area contributed by atoms with Crippen molar-refractivity contribution in [1.29, 1.82) is 0 Å². The summed E-state index contributed by atoms with van der Waals surface area (Å²) in [4.78, 5) is 11.3. The minimum absolute atomic E-state index is 0.0805. The molecule has 0 unspecified atom stereocenters. The van der Waals surface area contributed by atoms with Crippen LogP contribution in [0.3, 0.4) is 0 Å². The molecule has 1 saturated carbocycles. The predicted octanol–water partition coefficient (Wildman–Crippen LogP) is 2.29. The number of rotatable bonds is 3. The summed E-state index contributed by atoms with van der Waals surface area (Å²) in [5.41, 5.74) is -2.11. The van der Waals surface area contributed by atoms with Gasteiger partial charge in [-0.25, -0.2) is 8.78 Å². The molecule has 0 bridgehead atoms. The van der Waals surface area contributed by atoms with Gasteiger partial charge < -0.3 is 10.2 Å². The molecule has 0 aromatic heterocycles. The van der Waals surface area contributed by atoms with Gasteiger partial charge >= 0.3 is 5.97 Å². The van der Waals surface area contributed by atoms with E-state index in [0.717, 1.165) is 0 Å². The molecule has 3 nitrogen and oxygen atoms in total. The Morgan fingerprint density at radius 2 is 1.69 bits per heavy atom. The summed E-state index contributed by atoms with van der Waals surface area (Å²) in [6.07, 6.45) is -0.989. The lowest BCUT2D eigenvalue weighted by molar-refractivity contribution is -0.172. The number of aliphatic carboxylic acids is 1. The van der Waals surface area contributed by atoms with Crippen LogP contribution in [-0.2, 0) is 4.79 Å². The van der Waals surface area contributed by atoms with Crippen molar-refractivity contribution < 1.29 is 23.8 Å². The van der Waals surface area contributed by atoms with Crippen LogP contribution in [0.4, 0.5) is 8.78 Å². The number of aliphatic hydroxyl groups is 1. The Kier molecular flexibility index (Phi) is 3.29. The number of carboxylic acid groups (broad SMARTS) is 1. The highest BCUT2D eigenvalue weighted by molar-refractivity contribution is 5.76. The topological polar surface area (TPSA) is 57.5 Å². The Balaban J connectivity index is 2.98. The predicted molar refractivity (Wildman–Crippen MR) is 54.4 cm³/mol. The van der Waals surface area contributed by atoms with Crippen molar-refractivity contribution in [3.8, 4) is 0 Å². The molecule has 0 heterocycles. The molecule has 0 aromatic rings. The largest absolute Gasteiger partial charge is 0.481 e. The smallest absolute Gasteiger partial charge is 0.310 e. The molecule has 1 fully saturated rings. The van der Waals surface area contributed by atoms with E-state index in [2.05, 4.69) is 0 Å². The number of alkyl halides is 2. The van der Waals surface area contributed by atoms with Crippen molar-refractivity contribution in [2.75, 3.05) is 6.61 Å². The Morgan fingerprint density at radius 3 is 2.00 bits per heavy atom. The molecule has 0 spiro atoms. The molecule has 5 heteroatoms. The van der Waals surface area contributed by atoms with Crippen molar-refractivity contribution in [1.82, 2.24) is 0 Å². The molecule has 2 N–H and O–H groups in total. The number of hydrogen-bond acceptors (Lipinski definition) is 2. The standard InChI is InChI=1S/C11H18F2O3/c1-9(2,7-14)10(8(15)16)3-5-11(12,13)6-4-10/h14H,3-7H2,1-2H3,(H,15,16). The third-order valence-corrected chi connectivity index (χ3v) is 3.94. The summed E-state index contributed by atoms with van der Waals surface area (Å²) in [5.74, 6) is -3.84. The van der Waals surface area contributed by atoms with Crippen molar-refractivity contribution in [2.24, 2.45) is 10.8 Å². The Morgan fingerprint density at radius 1 is 1.25 bits per heavy atom. The summed E-state index contributed by atoms with van der Waals surface area (Å²) in [6, 6.07) is 0. The number of carbonyl (C=O) groups is 1. The zero-order valence-electron chi connectivity index (χ0n) is 9.59. The lowest BCUT2D eigenvalue weighted by Crippen LogP contribution is -2.50. The number of hydrogen-bond donors (Lipinski definition) is 2. The van der Waals surface area contributed by atoms with E-state index >= 15 is 0 Å². The normalized spacial score (nSPS) is 24.1. The van der Waals surface area contributed by atoms with Gasteiger partial charge in [0, 0.05) is 24.9 Å². The molecular formula is C11H18F2O3. The zero-order valence-corrected chi connectivity index (χ0v) is 9.59. The van der Waals surface area contributed by atoms with Gasteiger partial charge in [0.2, 0.25) is 5.92 Å². The fourth-order valence-corrected chi connectivity index (χ4v) is 2.37. The van der Waals surface area contributed by atoms with Gasteiger partial charge in [-0.15, -0.1) is 0 Å². The third kappa shape index (κ3) is 2.05. The second-order valence-electron chi connectivity index (χ2n) is 5.29. The summed E-state index contributed by atoms with van der Waals surface area (Å²) in [5, 5.41) is 18.5. The fraction of sp³-hybridized carbons (Fsp3) is 0.909. The Bertz CT molecular complexity index is 277. The van der Waals surface area contributed by atoms with Crippen LogP contribution in [0.25, 0.3) is 0 Å². The van der Waals surface area contributed by atoms with E-state index in [4.69, 9.17) is 0 Å². The van der Waals surface area contributed by atoms with Crippen LogP contribution in [0.5, 0.6) is 0 Å². The van der Waals surface area contributed by atoms with Gasteiger partial charge in [0.1, 0.15) is 0 Å². The van der Waals surface area contributed by atoms with Gasteiger partial charge in [0.25, 0.3) is 0 Å². The van der Waals surface area contributed by atoms with Gasteiger partial charge in [-0.2, -0.15) is 0 Å². The molecule has 0 radical (unpaired) electrons. The Labute approximate surface area is 93.5 Å². The van der Waals surface area contributed by atoms with E-state index < -0.39 is 35.6 Å². The van der Waals surface area contributed by atoms with Gasteiger partial charge in [0.05, 0.1) is 5.41 Å². The fourth-order valence-electron chi connectivity index (χ4n) is 2.37. The van der Waals surface area contributed by atoms with Crippen LogP contribution < -0.4 is 0 Å². The second kappa shape index (κ2) is 3.95. The summed E-state index contributed by atoms with van der Waals surface area (Å²) >= 11 is 0. The van der Waals surface area contributed by atoms with Crippen LogP contribution in [0.2, 0.25) is 0 Å². The highest BCUT2D eigenvalue weighted by Gasteiger charge is 2.55. The maximum absolute atomic E-state index is 13.0. The van der Waals surface area contributed by atoms with Crippen LogP contribution in [-0.4, -0.2) is 28.7 Å². The highest BCUT2D eigenvalue weighted by atomic mass is 19.3. The second-order valence-corrected chi connectivity index (χ2v) is 5.29. The molecule has 0 atom stereocenters. The van der Waals surface area contributed by atoms with E-state index in [-0.39, 0.29) is 19.4 Å². The molecule has 0 aliphatic heterocycles. The van der Waals surface area contributed by atoms with Crippen molar-refractivity contribution in [3.05, 3.63) is 0 Å². The van der Waals surface area contributed by atoms with Crippen molar-refractivity contribution in [3.63, 3.8) is 0 Å². The molecule has 1 rings (SSSR count). The van der Waals surface area contributed by atoms with E-state index in [9.17, 15) is 23.8 Å². The first-order valence-electron chi connectivity index (χ1n) is 5.39. The van der Waals surface area contributed by atoms with E-state index in [1.807, 2.05) is 0 Å². The lowest BCUT2D eigenvalue weighted by Gasteiger charge is -2.46. The molecule has 0 saturated heterocycles. The number of halogens is 2. The van der Waals surface area contributed by atoms with Crippen LogP contribution in [0, 0.1) is 10.8 Å².